The fourth-order valence-corrected chi connectivity index (χ4v) is 1.74. The van der Waals surface area contributed by atoms with E-state index in [9.17, 15) is 4.39 Å². The zero-order valence-corrected chi connectivity index (χ0v) is 9.52. The Morgan fingerprint density at radius 2 is 2.06 bits per heavy atom. The summed E-state index contributed by atoms with van der Waals surface area (Å²) in [6.07, 6.45) is 1.46. The summed E-state index contributed by atoms with van der Waals surface area (Å²) in [5.41, 5.74) is 1.83. The highest BCUT2D eigenvalue weighted by atomic mass is 19.1. The van der Waals surface area contributed by atoms with Crippen LogP contribution in [0.15, 0.2) is 36.5 Å². The monoisotopic (exact) mass is 246 g/mol. The molecule has 4 nitrogen and oxygen atoms in total. The van der Waals surface area contributed by atoms with E-state index in [-0.39, 0.29) is 6.79 Å². The summed E-state index contributed by atoms with van der Waals surface area (Å²) in [7, 11) is 0. The number of hydrogen-bond acceptors (Lipinski definition) is 4. The third-order valence-corrected chi connectivity index (χ3v) is 2.66. The number of ether oxygens (including phenoxy) is 2. The van der Waals surface area contributed by atoms with E-state index in [4.69, 9.17) is 9.47 Å². The summed E-state index contributed by atoms with van der Waals surface area (Å²) in [4.78, 5) is 3.58. The molecular formula is C13H11FN2O2. The van der Waals surface area contributed by atoms with Crippen LogP contribution >= 0.6 is 0 Å². The number of nitrogens with one attached hydrogen (secondary N) is 1. The van der Waals surface area contributed by atoms with Gasteiger partial charge in [-0.25, -0.2) is 4.98 Å². The molecule has 0 fully saturated rings. The van der Waals surface area contributed by atoms with Gasteiger partial charge in [0.2, 0.25) is 12.7 Å². The average molecular weight is 246 g/mol. The first-order chi connectivity index (χ1) is 8.81. The molecule has 1 aromatic heterocycles. The molecule has 1 N–H and O–H groups in total. The standard InChI is InChI=1S/C13H11FN2O2/c14-13-4-2-10(7-16-13)15-6-9-1-3-11-12(5-9)18-8-17-11/h1-5,7,15H,6,8H2. The van der Waals surface area contributed by atoms with Crippen molar-refractivity contribution < 1.29 is 13.9 Å². The van der Waals surface area contributed by atoms with Crippen LogP contribution in [0.25, 0.3) is 0 Å². The average Bonchev–Trinajstić information content (AvgIpc) is 2.85. The zero-order valence-electron chi connectivity index (χ0n) is 9.52. The van der Waals surface area contributed by atoms with Gasteiger partial charge >= 0.3 is 0 Å². The molecule has 92 valence electrons. The van der Waals surface area contributed by atoms with Gasteiger partial charge in [-0.3, -0.25) is 0 Å². The molecular weight excluding hydrogens is 235 g/mol. The SMILES string of the molecule is Fc1ccc(NCc2ccc3c(c2)OCO3)cn1. The van der Waals surface area contributed by atoms with Gasteiger partial charge in [0.1, 0.15) is 0 Å². The predicted molar refractivity (Wildman–Crippen MR) is 64.1 cm³/mol. The molecule has 0 aliphatic carbocycles. The molecule has 0 atom stereocenters. The molecule has 1 aromatic carbocycles. The summed E-state index contributed by atoms with van der Waals surface area (Å²) < 4.78 is 23.2. The topological polar surface area (TPSA) is 43.4 Å². The molecule has 2 heterocycles. The molecule has 0 bridgehead atoms. The van der Waals surface area contributed by atoms with Crippen molar-refractivity contribution in [3.8, 4) is 11.5 Å². The number of halogens is 1. The molecule has 18 heavy (non-hydrogen) atoms. The Hall–Kier alpha value is -2.30. The van der Waals surface area contributed by atoms with E-state index < -0.39 is 5.95 Å². The Morgan fingerprint density at radius 3 is 2.89 bits per heavy atom. The largest absolute Gasteiger partial charge is 0.454 e. The van der Waals surface area contributed by atoms with Crippen LogP contribution in [0.1, 0.15) is 5.56 Å². The van der Waals surface area contributed by atoms with E-state index in [0.29, 0.717) is 6.54 Å². The second-order valence-corrected chi connectivity index (χ2v) is 3.91. The Labute approximate surface area is 103 Å². The van der Waals surface area contributed by atoms with Gasteiger partial charge in [-0.15, -0.1) is 0 Å². The van der Waals surface area contributed by atoms with Gasteiger partial charge in [-0.1, -0.05) is 6.07 Å². The van der Waals surface area contributed by atoms with Crippen molar-refractivity contribution >= 4 is 5.69 Å². The summed E-state index contributed by atoms with van der Waals surface area (Å²) >= 11 is 0. The summed E-state index contributed by atoms with van der Waals surface area (Å²) in [5, 5.41) is 3.15. The van der Waals surface area contributed by atoms with E-state index in [0.717, 1.165) is 22.7 Å². The molecule has 1 aliphatic heterocycles. The van der Waals surface area contributed by atoms with Gasteiger partial charge in [-0.2, -0.15) is 4.39 Å². The summed E-state index contributed by atoms with van der Waals surface area (Å²) in [6.45, 7) is 0.887. The minimum atomic E-state index is -0.483. The van der Waals surface area contributed by atoms with Gasteiger partial charge in [0.25, 0.3) is 0 Å². The smallest absolute Gasteiger partial charge is 0.231 e. The highest BCUT2D eigenvalue weighted by Gasteiger charge is 2.12. The third-order valence-electron chi connectivity index (χ3n) is 2.66. The van der Waals surface area contributed by atoms with Gasteiger partial charge < -0.3 is 14.8 Å². The number of pyridine rings is 1. The number of hydrogen-bond donors (Lipinski definition) is 1. The highest BCUT2D eigenvalue weighted by Crippen LogP contribution is 2.32. The second kappa shape index (κ2) is 4.52. The van der Waals surface area contributed by atoms with Crippen LogP contribution < -0.4 is 14.8 Å². The number of aromatic nitrogens is 1. The molecule has 2 aromatic rings. The number of anilines is 1. The fourth-order valence-electron chi connectivity index (χ4n) is 1.74. The maximum absolute atomic E-state index is 12.6. The van der Waals surface area contributed by atoms with Crippen LogP contribution in [-0.2, 0) is 6.54 Å². The lowest BCUT2D eigenvalue weighted by Gasteiger charge is -2.06. The van der Waals surface area contributed by atoms with E-state index in [2.05, 4.69) is 10.3 Å². The van der Waals surface area contributed by atoms with Crippen LogP contribution in [0.5, 0.6) is 11.5 Å². The van der Waals surface area contributed by atoms with Crippen molar-refractivity contribution in [1.82, 2.24) is 4.98 Å². The van der Waals surface area contributed by atoms with E-state index >= 15 is 0 Å². The minimum absolute atomic E-state index is 0.272. The summed E-state index contributed by atoms with van der Waals surface area (Å²) in [6, 6.07) is 8.73. The van der Waals surface area contributed by atoms with Gasteiger partial charge in [0, 0.05) is 6.54 Å². The lowest BCUT2D eigenvalue weighted by Crippen LogP contribution is -2.00. The van der Waals surface area contributed by atoms with Gasteiger partial charge in [0.05, 0.1) is 11.9 Å². The van der Waals surface area contributed by atoms with Gasteiger partial charge in [-0.05, 0) is 29.8 Å². The van der Waals surface area contributed by atoms with Crippen LogP contribution in [0.3, 0.4) is 0 Å². The Bertz CT molecular complexity index is 557. The van der Waals surface area contributed by atoms with Crippen LogP contribution in [0.2, 0.25) is 0 Å². The molecule has 0 unspecified atom stereocenters. The van der Waals surface area contributed by atoms with E-state index in [1.165, 1.54) is 12.3 Å². The lowest BCUT2D eigenvalue weighted by molar-refractivity contribution is 0.174. The normalized spacial score (nSPS) is 12.5. The molecule has 0 saturated heterocycles. The Morgan fingerprint density at radius 1 is 1.17 bits per heavy atom. The fraction of sp³-hybridized carbons (Fsp3) is 0.154. The summed E-state index contributed by atoms with van der Waals surface area (Å²) in [5.74, 6) is 1.04. The molecule has 0 amide bonds. The molecule has 5 heteroatoms. The van der Waals surface area contributed by atoms with Crippen LogP contribution in [0, 0.1) is 5.95 Å². The zero-order chi connectivity index (χ0) is 12.4. The van der Waals surface area contributed by atoms with E-state index in [1.54, 1.807) is 6.07 Å². The first kappa shape index (κ1) is 10.8. The van der Waals surface area contributed by atoms with Crippen molar-refractivity contribution in [1.29, 1.82) is 0 Å². The minimum Gasteiger partial charge on any atom is -0.454 e. The Kier molecular flexibility index (Phi) is 2.72. The highest BCUT2D eigenvalue weighted by molar-refractivity contribution is 5.46. The van der Waals surface area contributed by atoms with Crippen molar-refractivity contribution in [3.63, 3.8) is 0 Å². The van der Waals surface area contributed by atoms with Crippen molar-refractivity contribution in [3.05, 3.63) is 48.0 Å². The maximum Gasteiger partial charge on any atom is 0.231 e. The van der Waals surface area contributed by atoms with Crippen molar-refractivity contribution in [2.24, 2.45) is 0 Å². The molecule has 0 saturated carbocycles. The maximum atomic E-state index is 12.6. The predicted octanol–water partition coefficient (Wildman–Crippen LogP) is 2.56. The number of benzene rings is 1. The Balaban J connectivity index is 1.68. The van der Waals surface area contributed by atoms with Crippen molar-refractivity contribution in [2.45, 2.75) is 6.54 Å². The number of nitrogens with zero attached hydrogens (tertiary/aromatic N) is 1. The molecule has 0 spiro atoms. The molecule has 0 radical (unpaired) electrons. The number of fused-ring (bicyclic) bond motifs is 1. The van der Waals surface area contributed by atoms with E-state index in [1.807, 2.05) is 18.2 Å². The first-order valence-corrected chi connectivity index (χ1v) is 5.55. The number of rotatable bonds is 3. The third kappa shape index (κ3) is 2.20. The van der Waals surface area contributed by atoms with Gasteiger partial charge in [0.15, 0.2) is 11.5 Å². The molecule has 1 aliphatic rings. The van der Waals surface area contributed by atoms with Crippen LogP contribution in [0.4, 0.5) is 10.1 Å². The first-order valence-electron chi connectivity index (χ1n) is 5.55. The van der Waals surface area contributed by atoms with Crippen LogP contribution in [-0.4, -0.2) is 11.8 Å². The quantitative estimate of drug-likeness (QED) is 0.845. The second-order valence-electron chi connectivity index (χ2n) is 3.91. The molecule has 3 rings (SSSR count). The lowest BCUT2D eigenvalue weighted by atomic mass is 10.2. The van der Waals surface area contributed by atoms with Crippen molar-refractivity contribution in [2.75, 3.05) is 12.1 Å².